The number of benzene rings is 1. The molecule has 0 radical (unpaired) electrons. The second-order valence-corrected chi connectivity index (χ2v) is 5.55. The van der Waals surface area contributed by atoms with Crippen molar-refractivity contribution in [3.63, 3.8) is 0 Å². The first-order chi connectivity index (χ1) is 9.25. The number of aryl methyl sites for hydroxylation is 1. The molecule has 0 bridgehead atoms. The summed E-state index contributed by atoms with van der Waals surface area (Å²) in [6.07, 6.45) is 6.22. The molecule has 1 aliphatic heterocycles. The Bertz CT molecular complexity index is 571. The third-order valence-corrected chi connectivity index (χ3v) is 4.27. The number of imidazole rings is 1. The Labute approximate surface area is 118 Å². The van der Waals surface area contributed by atoms with Crippen LogP contribution in [0.1, 0.15) is 30.0 Å². The van der Waals surface area contributed by atoms with Gasteiger partial charge >= 0.3 is 0 Å². The van der Waals surface area contributed by atoms with Gasteiger partial charge in [-0.05, 0) is 50.6 Å². The normalized spacial score (nSPS) is 16.7. The first kappa shape index (κ1) is 12.7. The van der Waals surface area contributed by atoms with E-state index in [1.54, 1.807) is 0 Å². The third kappa shape index (κ3) is 2.53. The van der Waals surface area contributed by atoms with Crippen molar-refractivity contribution < 1.29 is 0 Å². The van der Waals surface area contributed by atoms with E-state index < -0.39 is 0 Å². The van der Waals surface area contributed by atoms with Gasteiger partial charge in [0.1, 0.15) is 0 Å². The second kappa shape index (κ2) is 5.35. The zero-order chi connectivity index (χ0) is 13.2. The molecule has 3 rings (SSSR count). The molecule has 0 saturated carbocycles. The van der Waals surface area contributed by atoms with Gasteiger partial charge in [0.25, 0.3) is 0 Å². The van der Waals surface area contributed by atoms with Crippen LogP contribution in [0.15, 0.2) is 30.7 Å². The van der Waals surface area contributed by atoms with Gasteiger partial charge in [-0.15, -0.1) is 0 Å². The van der Waals surface area contributed by atoms with Crippen LogP contribution in [0.4, 0.5) is 0 Å². The van der Waals surface area contributed by atoms with Crippen molar-refractivity contribution in [2.24, 2.45) is 0 Å². The molecule has 2 aromatic rings. The Morgan fingerprint density at radius 2 is 2.11 bits per heavy atom. The van der Waals surface area contributed by atoms with Gasteiger partial charge in [-0.3, -0.25) is 0 Å². The van der Waals surface area contributed by atoms with E-state index in [2.05, 4.69) is 27.0 Å². The molecule has 0 aliphatic carbocycles. The third-order valence-electron chi connectivity index (χ3n) is 3.86. The van der Waals surface area contributed by atoms with E-state index in [1.807, 2.05) is 25.5 Å². The number of halogens is 1. The average molecular weight is 276 g/mol. The van der Waals surface area contributed by atoms with Crippen molar-refractivity contribution in [3.8, 4) is 5.69 Å². The predicted octanol–water partition coefficient (Wildman–Crippen LogP) is 3.30. The Balaban J connectivity index is 1.96. The van der Waals surface area contributed by atoms with Crippen LogP contribution in [0.2, 0.25) is 5.02 Å². The van der Waals surface area contributed by atoms with Crippen LogP contribution < -0.4 is 5.32 Å². The SMILES string of the molecule is Cc1ccc(-n2cncc2C2CCNCC2)cc1Cl. The van der Waals surface area contributed by atoms with Gasteiger partial charge in [0.2, 0.25) is 0 Å². The van der Waals surface area contributed by atoms with E-state index in [0.29, 0.717) is 5.92 Å². The van der Waals surface area contributed by atoms with E-state index in [0.717, 1.165) is 29.4 Å². The van der Waals surface area contributed by atoms with Crippen LogP contribution in [0, 0.1) is 6.92 Å². The highest BCUT2D eigenvalue weighted by Gasteiger charge is 2.19. The maximum Gasteiger partial charge on any atom is 0.0994 e. The molecule has 1 aliphatic rings. The maximum atomic E-state index is 6.23. The number of aromatic nitrogens is 2. The van der Waals surface area contributed by atoms with Crippen LogP contribution in [-0.4, -0.2) is 22.6 Å². The van der Waals surface area contributed by atoms with Crippen molar-refractivity contribution >= 4 is 11.6 Å². The molecular weight excluding hydrogens is 258 g/mol. The van der Waals surface area contributed by atoms with Gasteiger partial charge in [-0.25, -0.2) is 4.98 Å². The molecule has 0 unspecified atom stereocenters. The Kier molecular flexibility index (Phi) is 3.58. The Hall–Kier alpha value is -1.32. The Morgan fingerprint density at radius 1 is 1.32 bits per heavy atom. The summed E-state index contributed by atoms with van der Waals surface area (Å²) < 4.78 is 2.17. The largest absolute Gasteiger partial charge is 0.317 e. The van der Waals surface area contributed by atoms with E-state index in [9.17, 15) is 0 Å². The summed E-state index contributed by atoms with van der Waals surface area (Å²) in [4.78, 5) is 4.33. The summed E-state index contributed by atoms with van der Waals surface area (Å²) in [6, 6.07) is 6.18. The molecule has 1 aromatic carbocycles. The number of nitrogens with zero attached hydrogens (tertiary/aromatic N) is 2. The fraction of sp³-hybridized carbons (Fsp3) is 0.400. The molecule has 3 nitrogen and oxygen atoms in total. The molecule has 2 heterocycles. The minimum Gasteiger partial charge on any atom is -0.317 e. The highest BCUT2D eigenvalue weighted by molar-refractivity contribution is 6.31. The molecular formula is C15H18ClN3. The van der Waals surface area contributed by atoms with Gasteiger partial charge < -0.3 is 9.88 Å². The summed E-state index contributed by atoms with van der Waals surface area (Å²) >= 11 is 6.23. The zero-order valence-electron chi connectivity index (χ0n) is 11.1. The topological polar surface area (TPSA) is 29.9 Å². The molecule has 1 aromatic heterocycles. The lowest BCUT2D eigenvalue weighted by atomic mass is 9.95. The van der Waals surface area contributed by atoms with E-state index in [-0.39, 0.29) is 0 Å². The van der Waals surface area contributed by atoms with Crippen LogP contribution >= 0.6 is 11.6 Å². The number of piperidine rings is 1. The maximum absolute atomic E-state index is 6.23. The first-order valence-corrected chi connectivity index (χ1v) is 7.13. The van der Waals surface area contributed by atoms with Gasteiger partial charge in [0.05, 0.1) is 6.33 Å². The predicted molar refractivity (Wildman–Crippen MR) is 78.2 cm³/mol. The highest BCUT2D eigenvalue weighted by atomic mass is 35.5. The van der Waals surface area contributed by atoms with Gasteiger partial charge in [0, 0.05) is 28.5 Å². The van der Waals surface area contributed by atoms with Crippen molar-refractivity contribution in [2.75, 3.05) is 13.1 Å². The van der Waals surface area contributed by atoms with Crippen molar-refractivity contribution in [3.05, 3.63) is 47.0 Å². The summed E-state index contributed by atoms with van der Waals surface area (Å²) in [6.45, 7) is 4.20. The van der Waals surface area contributed by atoms with E-state index in [1.165, 1.54) is 18.5 Å². The number of nitrogens with one attached hydrogen (secondary N) is 1. The molecule has 1 saturated heterocycles. The number of rotatable bonds is 2. The smallest absolute Gasteiger partial charge is 0.0994 e. The highest BCUT2D eigenvalue weighted by Crippen LogP contribution is 2.28. The molecule has 100 valence electrons. The van der Waals surface area contributed by atoms with Crippen molar-refractivity contribution in [1.29, 1.82) is 0 Å². The van der Waals surface area contributed by atoms with Gasteiger partial charge in [0.15, 0.2) is 0 Å². The quantitative estimate of drug-likeness (QED) is 0.911. The Morgan fingerprint density at radius 3 is 2.84 bits per heavy atom. The molecule has 19 heavy (non-hydrogen) atoms. The van der Waals surface area contributed by atoms with Crippen LogP contribution in [0.25, 0.3) is 5.69 Å². The van der Waals surface area contributed by atoms with Gasteiger partial charge in [-0.1, -0.05) is 17.7 Å². The number of hydrogen-bond acceptors (Lipinski definition) is 2. The standard InChI is InChI=1S/C15H18ClN3/c1-11-2-3-13(8-14(11)16)19-10-18-9-15(19)12-4-6-17-7-5-12/h2-3,8-10,12,17H,4-7H2,1H3. The lowest BCUT2D eigenvalue weighted by molar-refractivity contribution is 0.449. The molecule has 0 amide bonds. The zero-order valence-corrected chi connectivity index (χ0v) is 11.8. The van der Waals surface area contributed by atoms with E-state index >= 15 is 0 Å². The van der Waals surface area contributed by atoms with Gasteiger partial charge in [-0.2, -0.15) is 0 Å². The molecule has 0 atom stereocenters. The molecule has 0 spiro atoms. The van der Waals surface area contributed by atoms with Crippen molar-refractivity contribution in [2.45, 2.75) is 25.7 Å². The minimum atomic E-state index is 0.587. The summed E-state index contributed by atoms with van der Waals surface area (Å²) in [7, 11) is 0. The van der Waals surface area contributed by atoms with Crippen LogP contribution in [0.3, 0.4) is 0 Å². The summed E-state index contributed by atoms with van der Waals surface area (Å²) in [5, 5.41) is 4.21. The molecule has 1 fully saturated rings. The summed E-state index contributed by atoms with van der Waals surface area (Å²) in [5.74, 6) is 0.587. The number of hydrogen-bond donors (Lipinski definition) is 1. The lowest BCUT2D eigenvalue weighted by Gasteiger charge is -2.23. The average Bonchev–Trinajstić information content (AvgIpc) is 2.92. The fourth-order valence-corrected chi connectivity index (χ4v) is 2.85. The monoisotopic (exact) mass is 275 g/mol. The second-order valence-electron chi connectivity index (χ2n) is 5.15. The molecule has 1 N–H and O–H groups in total. The first-order valence-electron chi connectivity index (χ1n) is 6.75. The lowest BCUT2D eigenvalue weighted by Crippen LogP contribution is -2.27. The van der Waals surface area contributed by atoms with Crippen molar-refractivity contribution in [1.82, 2.24) is 14.9 Å². The van der Waals surface area contributed by atoms with E-state index in [4.69, 9.17) is 11.6 Å². The molecule has 4 heteroatoms. The fourth-order valence-electron chi connectivity index (χ4n) is 2.67. The minimum absolute atomic E-state index is 0.587. The van der Waals surface area contributed by atoms with Crippen LogP contribution in [0.5, 0.6) is 0 Å². The van der Waals surface area contributed by atoms with Crippen LogP contribution in [-0.2, 0) is 0 Å². The summed E-state index contributed by atoms with van der Waals surface area (Å²) in [5.41, 5.74) is 3.50.